The molecule has 6 nitrogen and oxygen atoms in total. The molecule has 0 radical (unpaired) electrons. The highest BCUT2D eigenvalue weighted by atomic mass is 35.5. The summed E-state index contributed by atoms with van der Waals surface area (Å²) in [7, 11) is 0. The van der Waals surface area contributed by atoms with Crippen LogP contribution < -0.4 is 10.3 Å². The van der Waals surface area contributed by atoms with Crippen LogP contribution in [0.4, 0.5) is 0 Å². The van der Waals surface area contributed by atoms with Gasteiger partial charge in [-0.2, -0.15) is 9.89 Å². The fourth-order valence-corrected chi connectivity index (χ4v) is 5.04. The van der Waals surface area contributed by atoms with Crippen molar-refractivity contribution in [2.24, 2.45) is 0 Å². The van der Waals surface area contributed by atoms with Gasteiger partial charge in [-0.25, -0.2) is 4.68 Å². The van der Waals surface area contributed by atoms with E-state index >= 15 is 0 Å². The molecule has 184 valence electrons. The van der Waals surface area contributed by atoms with Crippen LogP contribution >= 0.6 is 12.4 Å². The summed E-state index contributed by atoms with van der Waals surface area (Å²) >= 11 is 0. The van der Waals surface area contributed by atoms with Gasteiger partial charge in [0.1, 0.15) is 12.4 Å². The maximum absolute atomic E-state index is 13.1. The van der Waals surface area contributed by atoms with Gasteiger partial charge in [0.2, 0.25) is 0 Å². The first-order chi connectivity index (χ1) is 17.2. The summed E-state index contributed by atoms with van der Waals surface area (Å²) in [5.74, 6) is 0.543. The molecule has 1 fully saturated rings. The molecule has 5 aromatic rings. The van der Waals surface area contributed by atoms with Gasteiger partial charge < -0.3 is 4.74 Å². The summed E-state index contributed by atoms with van der Waals surface area (Å²) in [6.45, 7) is 4.78. The minimum atomic E-state index is -0.186. The van der Waals surface area contributed by atoms with E-state index in [2.05, 4.69) is 48.2 Å². The van der Waals surface area contributed by atoms with Crippen LogP contribution in [0.3, 0.4) is 0 Å². The summed E-state index contributed by atoms with van der Waals surface area (Å²) in [4.78, 5) is 17.3. The maximum atomic E-state index is 13.1. The number of rotatable bonds is 6. The third-order valence-corrected chi connectivity index (χ3v) is 6.98. The molecule has 1 unspecified atom stereocenters. The molecule has 0 N–H and O–H groups in total. The number of hydrogen-bond donors (Lipinski definition) is 0. The van der Waals surface area contributed by atoms with Crippen molar-refractivity contribution in [2.75, 3.05) is 13.1 Å². The highest BCUT2D eigenvalue weighted by Crippen LogP contribution is 2.29. The first-order valence-corrected chi connectivity index (χ1v) is 12.2. The van der Waals surface area contributed by atoms with Crippen LogP contribution in [0.1, 0.15) is 37.1 Å². The third-order valence-electron chi connectivity index (χ3n) is 6.98. The fraction of sp³-hybridized carbons (Fsp3) is 0.241. The minimum absolute atomic E-state index is 0. The Morgan fingerprint density at radius 3 is 2.47 bits per heavy atom. The van der Waals surface area contributed by atoms with Crippen molar-refractivity contribution >= 4 is 34.1 Å². The number of aromatic nitrogens is 3. The van der Waals surface area contributed by atoms with Gasteiger partial charge in [0.05, 0.1) is 17.3 Å². The first-order valence-electron chi connectivity index (χ1n) is 12.2. The van der Waals surface area contributed by atoms with Gasteiger partial charge in [-0.3, -0.25) is 9.69 Å². The van der Waals surface area contributed by atoms with Crippen molar-refractivity contribution < 1.29 is 4.74 Å². The van der Waals surface area contributed by atoms with Crippen molar-refractivity contribution in [2.45, 2.75) is 32.4 Å². The minimum Gasteiger partial charge on any atom is -0.489 e. The second-order valence-corrected chi connectivity index (χ2v) is 9.23. The van der Waals surface area contributed by atoms with E-state index in [1.165, 1.54) is 29.7 Å². The van der Waals surface area contributed by atoms with Crippen molar-refractivity contribution in [1.29, 1.82) is 0 Å². The number of nitrogens with zero attached hydrogens (tertiary/aromatic N) is 4. The second kappa shape index (κ2) is 10.2. The highest BCUT2D eigenvalue weighted by Gasteiger charge is 2.24. The molecule has 7 heteroatoms. The molecule has 1 aliphatic rings. The lowest BCUT2D eigenvalue weighted by atomic mass is 10.1. The van der Waals surface area contributed by atoms with Gasteiger partial charge in [-0.15, -0.1) is 12.4 Å². The average molecular weight is 501 g/mol. The number of fused-ring (bicyclic) bond motifs is 2. The molecular weight excluding hydrogens is 472 g/mol. The van der Waals surface area contributed by atoms with Crippen molar-refractivity contribution in [3.8, 4) is 5.75 Å². The lowest BCUT2D eigenvalue weighted by Gasteiger charge is -2.22. The van der Waals surface area contributed by atoms with Crippen LogP contribution in [-0.4, -0.2) is 32.6 Å². The molecule has 2 aromatic heterocycles. The van der Waals surface area contributed by atoms with Crippen LogP contribution in [0.25, 0.3) is 21.7 Å². The largest absolute Gasteiger partial charge is 0.489 e. The zero-order valence-corrected chi connectivity index (χ0v) is 21.0. The molecule has 0 saturated carbocycles. The standard InChI is InChI=1S/C29H28N4O2.ClH/c1-21(31-15-6-7-16-31)29-26-10-4-5-11-27(26)33(30-29)32-17-14-25(19-28(32)34)35-20-22-12-13-23-8-2-3-9-24(23)18-22;/h2-5,8-14,17-19,21H,6-7,15-16,20H2,1H3;1H. The Labute approximate surface area is 216 Å². The topological polar surface area (TPSA) is 52.3 Å². The third kappa shape index (κ3) is 4.50. The van der Waals surface area contributed by atoms with Crippen molar-refractivity contribution in [3.05, 3.63) is 107 Å². The van der Waals surface area contributed by atoms with E-state index in [9.17, 15) is 4.79 Å². The Hall–Kier alpha value is -3.61. The molecule has 6 rings (SSSR count). The number of likely N-dealkylation sites (tertiary alicyclic amines) is 1. The molecule has 1 aliphatic heterocycles. The fourth-order valence-electron chi connectivity index (χ4n) is 5.04. The summed E-state index contributed by atoms with van der Waals surface area (Å²) < 4.78 is 7.51. The molecular formula is C29H29ClN4O2. The van der Waals surface area contributed by atoms with E-state index in [0.717, 1.165) is 35.2 Å². The first kappa shape index (κ1) is 24.1. The maximum Gasteiger partial charge on any atom is 0.274 e. The Kier molecular flexibility index (Phi) is 6.81. The van der Waals surface area contributed by atoms with Crippen LogP contribution in [0.5, 0.6) is 5.75 Å². The Bertz CT molecular complexity index is 1570. The number of para-hydroxylation sites is 1. The Balaban J connectivity index is 0.00000267. The molecule has 1 saturated heterocycles. The van der Waals surface area contributed by atoms with Gasteiger partial charge in [0, 0.05) is 17.6 Å². The molecule has 0 spiro atoms. The SMILES string of the molecule is CC(c1nn(-n2ccc(OCc3ccc4ccccc4c3)cc2=O)c2ccccc12)N1CCCC1.Cl. The van der Waals surface area contributed by atoms with Crippen molar-refractivity contribution in [3.63, 3.8) is 0 Å². The van der Waals surface area contributed by atoms with E-state index < -0.39 is 0 Å². The summed E-state index contributed by atoms with van der Waals surface area (Å²) in [6.07, 6.45) is 4.19. The predicted octanol–water partition coefficient (Wildman–Crippen LogP) is 5.82. The average Bonchev–Trinajstić information content (AvgIpc) is 3.56. The van der Waals surface area contributed by atoms with E-state index in [4.69, 9.17) is 9.84 Å². The molecule has 3 heterocycles. The quantitative estimate of drug-likeness (QED) is 0.295. The Morgan fingerprint density at radius 1 is 0.917 bits per heavy atom. The number of hydrogen-bond acceptors (Lipinski definition) is 4. The van der Waals surface area contributed by atoms with Crippen LogP contribution in [0.15, 0.2) is 89.9 Å². The van der Waals surface area contributed by atoms with E-state index in [1.807, 2.05) is 36.4 Å². The molecule has 1 atom stereocenters. The molecule has 3 aromatic carbocycles. The number of ether oxygens (including phenoxy) is 1. The number of pyridine rings is 1. The highest BCUT2D eigenvalue weighted by molar-refractivity contribution is 5.85. The normalized spacial score (nSPS) is 14.7. The second-order valence-electron chi connectivity index (χ2n) is 9.23. The Morgan fingerprint density at radius 2 is 1.67 bits per heavy atom. The molecule has 0 bridgehead atoms. The van der Waals surface area contributed by atoms with E-state index in [1.54, 1.807) is 15.7 Å². The van der Waals surface area contributed by atoms with Gasteiger partial charge >= 0.3 is 0 Å². The van der Waals surface area contributed by atoms with E-state index in [-0.39, 0.29) is 24.0 Å². The van der Waals surface area contributed by atoms with Crippen LogP contribution in [0.2, 0.25) is 0 Å². The van der Waals surface area contributed by atoms with E-state index in [0.29, 0.717) is 12.4 Å². The van der Waals surface area contributed by atoms with Gasteiger partial charge in [0.25, 0.3) is 5.56 Å². The number of benzene rings is 3. The summed E-state index contributed by atoms with van der Waals surface area (Å²) in [5.41, 5.74) is 2.80. The molecule has 0 aliphatic carbocycles. The van der Waals surface area contributed by atoms with Gasteiger partial charge in [0.15, 0.2) is 0 Å². The van der Waals surface area contributed by atoms with Gasteiger partial charge in [-0.1, -0.05) is 54.6 Å². The number of halogens is 1. The lowest BCUT2D eigenvalue weighted by molar-refractivity contribution is 0.258. The van der Waals surface area contributed by atoms with Crippen LogP contribution in [0, 0.1) is 0 Å². The summed E-state index contributed by atoms with van der Waals surface area (Å²) in [5, 5.41) is 8.37. The smallest absolute Gasteiger partial charge is 0.274 e. The predicted molar refractivity (Wildman–Crippen MR) is 146 cm³/mol. The summed E-state index contributed by atoms with van der Waals surface area (Å²) in [6, 6.07) is 26.2. The zero-order valence-electron chi connectivity index (χ0n) is 20.2. The zero-order chi connectivity index (χ0) is 23.8. The van der Waals surface area contributed by atoms with Crippen LogP contribution in [-0.2, 0) is 6.61 Å². The van der Waals surface area contributed by atoms with Crippen molar-refractivity contribution in [1.82, 2.24) is 19.5 Å². The molecule has 36 heavy (non-hydrogen) atoms. The lowest BCUT2D eigenvalue weighted by Crippen LogP contribution is -2.27. The molecule has 0 amide bonds. The monoisotopic (exact) mass is 500 g/mol. The van der Waals surface area contributed by atoms with Gasteiger partial charge in [-0.05, 0) is 67.4 Å².